The quantitative estimate of drug-likeness (QED) is 0.603. The molecule has 2 unspecified atom stereocenters. The van der Waals surface area contributed by atoms with Gasteiger partial charge in [-0.2, -0.15) is 48.3 Å². The Balaban J connectivity index is 3.24. The Morgan fingerprint density at radius 2 is 1.12 bits per heavy atom. The predicted molar refractivity (Wildman–Crippen MR) is 55.5 cm³/mol. The monoisotopic (exact) mass is 383 g/mol. The van der Waals surface area contributed by atoms with E-state index in [1.165, 1.54) is 0 Å². The summed E-state index contributed by atoms with van der Waals surface area (Å²) < 4.78 is 152. The average Bonchev–Trinajstić information content (AvgIpc) is 2.35. The van der Waals surface area contributed by atoms with Crippen LogP contribution < -0.4 is 0 Å². The number of alkyl halides is 11. The number of rotatable bonds is 2. The number of nitrogens with zero attached hydrogens (tertiary/aromatic N) is 1. The molecule has 24 heavy (non-hydrogen) atoms. The molecule has 2 atom stereocenters. The summed E-state index contributed by atoms with van der Waals surface area (Å²) in [6.07, 6.45) is -19.8. The summed E-state index contributed by atoms with van der Waals surface area (Å²) in [5.74, 6) is -11.6. The summed E-state index contributed by atoms with van der Waals surface area (Å²) in [6.45, 7) is -3.28. The number of hydrogen-bond acceptors (Lipinski definition) is 1. The van der Waals surface area contributed by atoms with Crippen LogP contribution in [0.2, 0.25) is 0 Å². The third kappa shape index (κ3) is 4.21. The van der Waals surface area contributed by atoms with Gasteiger partial charge in [0.15, 0.2) is 0 Å². The van der Waals surface area contributed by atoms with E-state index < -0.39 is 72.7 Å². The second-order valence-electron chi connectivity index (χ2n) is 5.18. The van der Waals surface area contributed by atoms with Gasteiger partial charge in [0.1, 0.15) is 12.0 Å². The molecule has 0 radical (unpaired) electrons. The molecule has 1 aliphatic rings. The van der Waals surface area contributed by atoms with E-state index in [0.717, 1.165) is 0 Å². The normalized spacial score (nSPS) is 25.2. The molecular weight excluding hydrogens is 374 g/mol. The van der Waals surface area contributed by atoms with Crippen molar-refractivity contribution in [3.05, 3.63) is 12.0 Å². The van der Waals surface area contributed by atoms with Gasteiger partial charge in [-0.05, 0) is 6.42 Å². The van der Waals surface area contributed by atoms with Gasteiger partial charge < -0.3 is 4.90 Å². The van der Waals surface area contributed by atoms with Crippen molar-refractivity contribution < 1.29 is 52.7 Å². The molecular formula is C11H9F12N. The van der Waals surface area contributed by atoms with Gasteiger partial charge >= 0.3 is 24.5 Å². The standard InChI is InChI=1S/C11H9F12N/c12-2-7(8(13,14)11(21,22)23)24-3-5(9(15,16)17)1-6(4-24)10(18,19)20/h2,5-6H,1,3-4H2/b7-2+. The molecule has 1 fully saturated rings. The molecule has 1 rings (SSSR count). The highest BCUT2D eigenvalue weighted by atomic mass is 19.4. The van der Waals surface area contributed by atoms with Gasteiger partial charge in [-0.15, -0.1) is 0 Å². The summed E-state index contributed by atoms with van der Waals surface area (Å²) in [7, 11) is 0. The van der Waals surface area contributed by atoms with Crippen molar-refractivity contribution in [3.63, 3.8) is 0 Å². The molecule has 0 aromatic heterocycles. The number of hydrogen-bond donors (Lipinski definition) is 0. The summed E-state index contributed by atoms with van der Waals surface area (Å²) >= 11 is 0. The SMILES string of the molecule is F/C=C(/N1CC(C(F)(F)F)CC(C(F)(F)F)C1)C(F)(F)C(F)(F)F. The third-order valence-corrected chi connectivity index (χ3v) is 3.50. The molecule has 142 valence electrons. The van der Waals surface area contributed by atoms with E-state index in [1.54, 1.807) is 0 Å². The molecule has 13 heteroatoms. The molecule has 1 heterocycles. The average molecular weight is 383 g/mol. The minimum atomic E-state index is -6.39. The second-order valence-corrected chi connectivity index (χ2v) is 5.18. The van der Waals surface area contributed by atoms with Crippen LogP contribution >= 0.6 is 0 Å². The first-order chi connectivity index (χ1) is 10.5. The van der Waals surface area contributed by atoms with Crippen molar-refractivity contribution in [3.8, 4) is 0 Å². The molecule has 1 nitrogen and oxygen atoms in total. The molecule has 1 saturated heterocycles. The topological polar surface area (TPSA) is 3.24 Å². The first-order valence-corrected chi connectivity index (χ1v) is 6.15. The molecule has 0 aromatic carbocycles. The summed E-state index contributed by atoms with van der Waals surface area (Å²) in [5.41, 5.74) is -2.58. The van der Waals surface area contributed by atoms with Crippen LogP contribution in [0.3, 0.4) is 0 Å². The van der Waals surface area contributed by atoms with Crippen LogP contribution in [0.1, 0.15) is 6.42 Å². The number of likely N-dealkylation sites (tertiary alicyclic amines) is 1. The molecule has 0 aromatic rings. The van der Waals surface area contributed by atoms with Crippen molar-refractivity contribution in [1.82, 2.24) is 4.90 Å². The minimum Gasteiger partial charge on any atom is -0.367 e. The van der Waals surface area contributed by atoms with Crippen LogP contribution in [0.4, 0.5) is 52.7 Å². The maximum Gasteiger partial charge on any atom is 0.459 e. The maximum atomic E-state index is 13.2. The smallest absolute Gasteiger partial charge is 0.367 e. The molecule has 0 N–H and O–H groups in total. The van der Waals surface area contributed by atoms with E-state index in [-0.39, 0.29) is 0 Å². The van der Waals surface area contributed by atoms with E-state index >= 15 is 0 Å². The lowest BCUT2D eigenvalue weighted by atomic mass is 9.87. The Bertz CT molecular complexity index is 449. The number of allylic oxidation sites excluding steroid dienone is 1. The van der Waals surface area contributed by atoms with Gasteiger partial charge in [0.2, 0.25) is 0 Å². The lowest BCUT2D eigenvalue weighted by Crippen LogP contribution is -2.53. The minimum absolute atomic E-state index is 0.548. The zero-order valence-electron chi connectivity index (χ0n) is 11.3. The molecule has 0 spiro atoms. The first-order valence-electron chi connectivity index (χ1n) is 6.15. The molecule has 0 amide bonds. The zero-order chi connectivity index (χ0) is 19.1. The predicted octanol–water partition coefficient (Wildman–Crippen LogP) is 5.06. The Morgan fingerprint density at radius 1 is 0.750 bits per heavy atom. The van der Waals surface area contributed by atoms with Crippen LogP contribution in [0.15, 0.2) is 12.0 Å². The van der Waals surface area contributed by atoms with E-state index in [9.17, 15) is 52.7 Å². The van der Waals surface area contributed by atoms with Gasteiger partial charge in [0.25, 0.3) is 0 Å². The lowest BCUT2D eigenvalue weighted by molar-refractivity contribution is -0.276. The third-order valence-electron chi connectivity index (χ3n) is 3.50. The highest BCUT2D eigenvalue weighted by molar-refractivity contribution is 5.14. The first kappa shape index (κ1) is 20.7. The molecule has 0 aliphatic carbocycles. The van der Waals surface area contributed by atoms with Crippen LogP contribution in [0, 0.1) is 11.8 Å². The Morgan fingerprint density at radius 3 is 1.38 bits per heavy atom. The summed E-state index contributed by atoms with van der Waals surface area (Å²) in [5, 5.41) is 0. The molecule has 0 bridgehead atoms. The van der Waals surface area contributed by atoms with Gasteiger partial charge in [-0.3, -0.25) is 0 Å². The highest BCUT2D eigenvalue weighted by Crippen LogP contribution is 2.47. The van der Waals surface area contributed by atoms with Gasteiger partial charge in [0.05, 0.1) is 11.8 Å². The van der Waals surface area contributed by atoms with E-state index in [2.05, 4.69) is 0 Å². The van der Waals surface area contributed by atoms with Crippen LogP contribution in [-0.2, 0) is 0 Å². The Labute approximate surface area is 126 Å². The van der Waals surface area contributed by atoms with Crippen molar-refractivity contribution in [2.24, 2.45) is 11.8 Å². The fraction of sp³-hybridized carbons (Fsp3) is 0.818. The second kappa shape index (κ2) is 6.21. The van der Waals surface area contributed by atoms with Crippen LogP contribution in [0.5, 0.6) is 0 Å². The van der Waals surface area contributed by atoms with Crippen molar-refractivity contribution in [1.29, 1.82) is 0 Å². The number of piperidine rings is 1. The maximum absolute atomic E-state index is 13.2. The Kier molecular flexibility index (Phi) is 5.37. The zero-order valence-corrected chi connectivity index (χ0v) is 11.3. The van der Waals surface area contributed by atoms with E-state index in [4.69, 9.17) is 0 Å². The summed E-state index contributed by atoms with van der Waals surface area (Å²) in [6, 6.07) is 0. The van der Waals surface area contributed by atoms with Crippen molar-refractivity contribution in [2.45, 2.75) is 30.9 Å². The largest absolute Gasteiger partial charge is 0.459 e. The van der Waals surface area contributed by atoms with Crippen LogP contribution in [0.25, 0.3) is 0 Å². The lowest BCUT2D eigenvalue weighted by Gasteiger charge is -2.42. The van der Waals surface area contributed by atoms with Gasteiger partial charge in [-0.1, -0.05) is 0 Å². The van der Waals surface area contributed by atoms with Gasteiger partial charge in [0, 0.05) is 13.1 Å². The molecule has 0 saturated carbocycles. The Hall–Kier alpha value is -1.30. The van der Waals surface area contributed by atoms with E-state index in [1.807, 2.05) is 0 Å². The van der Waals surface area contributed by atoms with Gasteiger partial charge in [-0.25, -0.2) is 4.39 Å². The van der Waals surface area contributed by atoms with Crippen molar-refractivity contribution in [2.75, 3.05) is 13.1 Å². The highest BCUT2D eigenvalue weighted by Gasteiger charge is 2.63. The van der Waals surface area contributed by atoms with E-state index in [0.29, 0.717) is 0 Å². The fourth-order valence-electron chi connectivity index (χ4n) is 2.25. The molecule has 1 aliphatic heterocycles. The summed E-state index contributed by atoms with van der Waals surface area (Å²) in [4.78, 5) is -0.548. The number of halogens is 12. The van der Waals surface area contributed by atoms with Crippen LogP contribution in [-0.4, -0.2) is 42.4 Å². The fourth-order valence-corrected chi connectivity index (χ4v) is 2.25. The van der Waals surface area contributed by atoms with Crippen molar-refractivity contribution >= 4 is 0 Å².